The van der Waals surface area contributed by atoms with Crippen LogP contribution >= 0.6 is 0 Å². The van der Waals surface area contributed by atoms with Crippen molar-refractivity contribution in [3.8, 4) is 11.5 Å². The summed E-state index contributed by atoms with van der Waals surface area (Å²) in [6.45, 7) is 0.351. The highest BCUT2D eigenvalue weighted by Gasteiger charge is 2.09. The minimum Gasteiger partial charge on any atom is -0.493 e. The van der Waals surface area contributed by atoms with Gasteiger partial charge in [0.15, 0.2) is 11.5 Å². The van der Waals surface area contributed by atoms with Crippen LogP contribution in [0.3, 0.4) is 0 Å². The van der Waals surface area contributed by atoms with Gasteiger partial charge < -0.3 is 14.5 Å². The van der Waals surface area contributed by atoms with E-state index in [9.17, 15) is 4.39 Å². The minimum absolute atomic E-state index is 0.258. The lowest BCUT2D eigenvalue weighted by molar-refractivity contribution is 0.285. The van der Waals surface area contributed by atoms with E-state index in [0.717, 1.165) is 10.9 Å². The topological polar surface area (TPSA) is 34.2 Å². The molecule has 4 heteroatoms. The van der Waals surface area contributed by atoms with Crippen molar-refractivity contribution < 1.29 is 13.9 Å². The second-order valence-corrected chi connectivity index (χ2v) is 4.42. The molecule has 1 N–H and O–H groups in total. The molecule has 3 aromatic rings. The van der Waals surface area contributed by atoms with Crippen LogP contribution in [0.5, 0.6) is 11.5 Å². The first-order valence-corrected chi connectivity index (χ1v) is 6.30. The molecular formula is C16H14FNO2. The molecule has 0 saturated carbocycles. The summed E-state index contributed by atoms with van der Waals surface area (Å²) in [5.74, 6) is 1.09. The predicted octanol–water partition coefficient (Wildman–Crippen LogP) is 3.89. The van der Waals surface area contributed by atoms with Crippen LogP contribution in [-0.4, -0.2) is 12.1 Å². The molecule has 0 spiro atoms. The Morgan fingerprint density at radius 3 is 2.65 bits per heavy atom. The number of aromatic nitrogens is 1. The molecule has 102 valence electrons. The zero-order chi connectivity index (χ0) is 13.9. The average molecular weight is 271 g/mol. The quantitative estimate of drug-likeness (QED) is 0.781. The number of ether oxygens (including phenoxy) is 2. The highest BCUT2D eigenvalue weighted by atomic mass is 19.1. The fourth-order valence-corrected chi connectivity index (χ4v) is 2.19. The van der Waals surface area contributed by atoms with Crippen LogP contribution in [0.4, 0.5) is 4.39 Å². The van der Waals surface area contributed by atoms with Gasteiger partial charge in [0.25, 0.3) is 0 Å². The van der Waals surface area contributed by atoms with Crippen LogP contribution in [0.25, 0.3) is 10.9 Å². The highest BCUT2D eigenvalue weighted by Crippen LogP contribution is 2.28. The van der Waals surface area contributed by atoms with Gasteiger partial charge in [0.1, 0.15) is 12.4 Å². The van der Waals surface area contributed by atoms with E-state index < -0.39 is 0 Å². The van der Waals surface area contributed by atoms with Crippen LogP contribution in [0.2, 0.25) is 0 Å². The smallest absolute Gasteiger partial charge is 0.161 e. The van der Waals surface area contributed by atoms with Gasteiger partial charge in [-0.05, 0) is 18.2 Å². The maximum absolute atomic E-state index is 13.6. The Morgan fingerprint density at radius 2 is 1.85 bits per heavy atom. The zero-order valence-corrected chi connectivity index (χ0v) is 11.0. The number of para-hydroxylation sites is 3. The Morgan fingerprint density at radius 1 is 1.05 bits per heavy atom. The molecule has 0 unspecified atom stereocenters. The molecule has 0 aliphatic carbocycles. The number of methoxy groups -OCH3 is 1. The Hall–Kier alpha value is -2.49. The third-order valence-corrected chi connectivity index (χ3v) is 3.20. The number of hydrogen-bond donors (Lipinski definition) is 1. The number of halogens is 1. The Bertz CT molecular complexity index is 736. The van der Waals surface area contributed by atoms with Crippen molar-refractivity contribution in [2.75, 3.05) is 7.11 Å². The first-order valence-electron chi connectivity index (χ1n) is 6.30. The molecule has 0 amide bonds. The van der Waals surface area contributed by atoms with E-state index in [-0.39, 0.29) is 5.82 Å². The molecule has 1 heterocycles. The summed E-state index contributed by atoms with van der Waals surface area (Å²) in [5, 5.41) is 0.833. The second-order valence-electron chi connectivity index (χ2n) is 4.42. The van der Waals surface area contributed by atoms with E-state index in [1.54, 1.807) is 19.4 Å². The third-order valence-electron chi connectivity index (χ3n) is 3.20. The fourth-order valence-electron chi connectivity index (χ4n) is 2.19. The van der Waals surface area contributed by atoms with Crippen molar-refractivity contribution in [1.82, 2.24) is 4.98 Å². The summed E-state index contributed by atoms with van der Waals surface area (Å²) in [4.78, 5) is 2.94. The van der Waals surface area contributed by atoms with Crippen LogP contribution in [0.1, 0.15) is 5.56 Å². The molecule has 0 bridgehead atoms. The number of nitrogens with one attached hydrogen (secondary N) is 1. The lowest BCUT2D eigenvalue weighted by Crippen LogP contribution is -1.96. The van der Waals surface area contributed by atoms with Gasteiger partial charge in [0, 0.05) is 17.1 Å². The Labute approximate surface area is 116 Å². The summed E-state index contributed by atoms with van der Waals surface area (Å²) in [5.41, 5.74) is 1.41. The largest absolute Gasteiger partial charge is 0.493 e. The summed E-state index contributed by atoms with van der Waals surface area (Å²) >= 11 is 0. The number of aromatic amines is 1. The minimum atomic E-state index is -0.258. The van der Waals surface area contributed by atoms with E-state index in [4.69, 9.17) is 9.47 Å². The van der Waals surface area contributed by atoms with Crippen molar-refractivity contribution in [2.45, 2.75) is 6.61 Å². The zero-order valence-electron chi connectivity index (χ0n) is 11.0. The predicted molar refractivity (Wildman–Crippen MR) is 75.6 cm³/mol. The lowest BCUT2D eigenvalue weighted by atomic mass is 10.2. The number of benzene rings is 2. The lowest BCUT2D eigenvalue weighted by Gasteiger charge is -2.09. The highest BCUT2D eigenvalue weighted by molar-refractivity contribution is 5.83. The number of rotatable bonds is 4. The maximum Gasteiger partial charge on any atom is 0.161 e. The van der Waals surface area contributed by atoms with Gasteiger partial charge >= 0.3 is 0 Å². The monoisotopic (exact) mass is 271 g/mol. The van der Waals surface area contributed by atoms with Gasteiger partial charge in [-0.2, -0.15) is 0 Å². The van der Waals surface area contributed by atoms with Gasteiger partial charge in [0.05, 0.1) is 12.6 Å². The van der Waals surface area contributed by atoms with Crippen LogP contribution in [0.15, 0.2) is 48.7 Å². The SMILES string of the molecule is COc1ccccc1OCc1c[nH]c2c(F)cccc12. The molecule has 2 aromatic carbocycles. The van der Waals surface area contributed by atoms with E-state index >= 15 is 0 Å². The van der Waals surface area contributed by atoms with Crippen molar-refractivity contribution in [3.63, 3.8) is 0 Å². The fraction of sp³-hybridized carbons (Fsp3) is 0.125. The van der Waals surface area contributed by atoms with Crippen LogP contribution < -0.4 is 9.47 Å². The molecule has 0 aliphatic rings. The van der Waals surface area contributed by atoms with Crippen LogP contribution in [-0.2, 0) is 6.61 Å². The van der Waals surface area contributed by atoms with Gasteiger partial charge in [-0.25, -0.2) is 4.39 Å². The average Bonchev–Trinajstić information content (AvgIpc) is 2.90. The normalized spacial score (nSPS) is 10.7. The van der Waals surface area contributed by atoms with Gasteiger partial charge in [0.2, 0.25) is 0 Å². The molecule has 3 nitrogen and oxygen atoms in total. The van der Waals surface area contributed by atoms with Crippen molar-refractivity contribution in [1.29, 1.82) is 0 Å². The summed E-state index contributed by atoms with van der Waals surface area (Å²) < 4.78 is 24.6. The van der Waals surface area contributed by atoms with Crippen LogP contribution in [0, 0.1) is 5.82 Å². The summed E-state index contributed by atoms with van der Waals surface area (Å²) in [6, 6.07) is 12.4. The molecule has 0 aliphatic heterocycles. The molecule has 20 heavy (non-hydrogen) atoms. The van der Waals surface area contributed by atoms with Gasteiger partial charge in [-0.15, -0.1) is 0 Å². The molecule has 3 rings (SSSR count). The summed E-state index contributed by atoms with van der Waals surface area (Å²) in [7, 11) is 1.60. The molecule has 1 aromatic heterocycles. The number of hydrogen-bond acceptors (Lipinski definition) is 2. The number of fused-ring (bicyclic) bond motifs is 1. The van der Waals surface area contributed by atoms with E-state index in [1.165, 1.54) is 6.07 Å². The van der Waals surface area contributed by atoms with E-state index in [2.05, 4.69) is 4.98 Å². The molecule has 0 atom stereocenters. The van der Waals surface area contributed by atoms with Gasteiger partial charge in [-0.1, -0.05) is 24.3 Å². The molecule has 0 saturated heterocycles. The summed E-state index contributed by atoms with van der Waals surface area (Å²) in [6.07, 6.45) is 1.77. The maximum atomic E-state index is 13.6. The van der Waals surface area contributed by atoms with E-state index in [1.807, 2.05) is 30.3 Å². The van der Waals surface area contributed by atoms with Crippen molar-refractivity contribution in [3.05, 3.63) is 60.0 Å². The van der Waals surface area contributed by atoms with Crippen molar-refractivity contribution in [2.24, 2.45) is 0 Å². The third kappa shape index (κ3) is 2.20. The molecule has 0 fully saturated rings. The molecule has 0 radical (unpaired) electrons. The first kappa shape index (κ1) is 12.5. The number of H-pyrrole nitrogens is 1. The van der Waals surface area contributed by atoms with Gasteiger partial charge in [-0.3, -0.25) is 0 Å². The second kappa shape index (κ2) is 5.25. The Kier molecular flexibility index (Phi) is 3.29. The first-order chi connectivity index (χ1) is 9.79. The Balaban J connectivity index is 1.85. The van der Waals surface area contributed by atoms with E-state index in [0.29, 0.717) is 23.6 Å². The van der Waals surface area contributed by atoms with Crippen molar-refractivity contribution >= 4 is 10.9 Å². The molecular weight excluding hydrogens is 257 g/mol. The standard InChI is InChI=1S/C16H14FNO2/c1-19-14-7-2-3-8-15(14)20-10-11-9-18-16-12(11)5-4-6-13(16)17/h2-9,18H,10H2,1H3.